The minimum absolute atomic E-state index is 0.159. The summed E-state index contributed by atoms with van der Waals surface area (Å²) in [6.45, 7) is 8.52. The zero-order chi connectivity index (χ0) is 14.1. The summed E-state index contributed by atoms with van der Waals surface area (Å²) in [5.41, 5.74) is 1.05. The van der Waals surface area contributed by atoms with E-state index in [2.05, 4.69) is 6.58 Å². The van der Waals surface area contributed by atoms with E-state index >= 15 is 0 Å². The van der Waals surface area contributed by atoms with Crippen LogP contribution < -0.4 is 0 Å². The largest absolute Gasteiger partial charge is 0.372 e. The molecule has 5 heteroatoms. The minimum atomic E-state index is -3.25. The van der Waals surface area contributed by atoms with Crippen LogP contribution in [0.15, 0.2) is 42.2 Å². The van der Waals surface area contributed by atoms with Crippen molar-refractivity contribution in [3.8, 4) is 0 Å². The van der Waals surface area contributed by atoms with E-state index in [4.69, 9.17) is 13.8 Å². The van der Waals surface area contributed by atoms with Crippen molar-refractivity contribution < 1.29 is 18.3 Å². The van der Waals surface area contributed by atoms with E-state index in [0.717, 1.165) is 5.56 Å². The summed E-state index contributed by atoms with van der Waals surface area (Å²) in [6, 6.07) is 9.76. The highest BCUT2D eigenvalue weighted by molar-refractivity contribution is 7.58. The van der Waals surface area contributed by atoms with Crippen molar-refractivity contribution >= 4 is 7.60 Å². The smallest absolute Gasteiger partial charge is 0.359 e. The lowest BCUT2D eigenvalue weighted by Gasteiger charge is -2.19. The lowest BCUT2D eigenvalue weighted by molar-refractivity contribution is 0.140. The summed E-state index contributed by atoms with van der Waals surface area (Å²) < 4.78 is 28.2. The average molecular weight is 284 g/mol. The van der Waals surface area contributed by atoms with Crippen LogP contribution in [0.4, 0.5) is 0 Å². The Morgan fingerprint density at radius 1 is 1.16 bits per heavy atom. The molecule has 1 aromatic carbocycles. The van der Waals surface area contributed by atoms with E-state index < -0.39 is 7.60 Å². The molecule has 0 aliphatic rings. The highest BCUT2D eigenvalue weighted by Gasteiger charge is 2.27. The van der Waals surface area contributed by atoms with Crippen LogP contribution in [0.1, 0.15) is 19.4 Å². The van der Waals surface area contributed by atoms with Crippen LogP contribution in [0.5, 0.6) is 0 Å². The van der Waals surface area contributed by atoms with Gasteiger partial charge in [-0.3, -0.25) is 4.57 Å². The van der Waals surface area contributed by atoms with Gasteiger partial charge in [0.1, 0.15) is 0 Å². The third kappa shape index (κ3) is 5.29. The lowest BCUT2D eigenvalue weighted by atomic mass is 10.2. The van der Waals surface area contributed by atoms with Crippen molar-refractivity contribution in [3.63, 3.8) is 0 Å². The Labute approximate surface area is 114 Å². The number of ether oxygens (including phenoxy) is 1. The van der Waals surface area contributed by atoms with Crippen LogP contribution in [-0.4, -0.2) is 19.8 Å². The van der Waals surface area contributed by atoms with Gasteiger partial charge < -0.3 is 13.8 Å². The van der Waals surface area contributed by atoms with Gasteiger partial charge in [0.15, 0.2) is 0 Å². The minimum Gasteiger partial charge on any atom is -0.372 e. The Kier molecular flexibility index (Phi) is 7.03. The Balaban J connectivity index is 2.47. The van der Waals surface area contributed by atoms with Gasteiger partial charge in [-0.15, -0.1) is 0 Å². The summed E-state index contributed by atoms with van der Waals surface area (Å²) in [5.74, 6) is 0. The second-order valence-corrected chi connectivity index (χ2v) is 6.02. The van der Waals surface area contributed by atoms with E-state index in [-0.39, 0.29) is 6.61 Å². The van der Waals surface area contributed by atoms with Gasteiger partial charge in [-0.1, -0.05) is 36.9 Å². The fourth-order valence-electron chi connectivity index (χ4n) is 1.50. The maximum Gasteiger partial charge on any atom is 0.359 e. The fraction of sp³-hybridized carbons (Fsp3) is 0.429. The molecule has 0 amide bonds. The van der Waals surface area contributed by atoms with Crippen molar-refractivity contribution in [3.05, 3.63) is 47.8 Å². The van der Waals surface area contributed by atoms with Gasteiger partial charge in [-0.05, 0) is 19.4 Å². The topological polar surface area (TPSA) is 44.8 Å². The summed E-state index contributed by atoms with van der Waals surface area (Å²) in [5, 5.41) is 0.354. The molecule has 0 aliphatic heterocycles. The van der Waals surface area contributed by atoms with Crippen molar-refractivity contribution in [1.29, 1.82) is 0 Å². The van der Waals surface area contributed by atoms with Gasteiger partial charge in [-0.2, -0.15) is 0 Å². The molecule has 0 atom stereocenters. The van der Waals surface area contributed by atoms with Crippen molar-refractivity contribution in [2.45, 2.75) is 20.5 Å². The molecule has 1 rings (SSSR count). The highest BCUT2D eigenvalue weighted by Crippen LogP contribution is 2.55. The van der Waals surface area contributed by atoms with Gasteiger partial charge >= 0.3 is 7.60 Å². The Morgan fingerprint density at radius 3 is 2.26 bits per heavy atom. The van der Waals surface area contributed by atoms with E-state index in [9.17, 15) is 4.57 Å². The molecule has 0 bridgehead atoms. The molecule has 1 aromatic rings. The molecule has 0 saturated heterocycles. The summed E-state index contributed by atoms with van der Waals surface area (Å²) >= 11 is 0. The first-order chi connectivity index (χ1) is 9.12. The molecular weight excluding hydrogens is 263 g/mol. The molecule has 0 aliphatic carbocycles. The molecule has 0 N–H and O–H groups in total. The van der Waals surface area contributed by atoms with Crippen molar-refractivity contribution in [2.75, 3.05) is 19.8 Å². The molecule has 0 unspecified atom stereocenters. The molecule has 0 saturated carbocycles. The van der Waals surface area contributed by atoms with Crippen LogP contribution in [-0.2, 0) is 25.0 Å². The third-order valence-corrected chi connectivity index (χ3v) is 4.47. The first kappa shape index (κ1) is 16.1. The monoisotopic (exact) mass is 284 g/mol. The SMILES string of the molecule is C=C(COCc1ccccc1)P(=O)(OCC)OCC. The fourth-order valence-corrected chi connectivity index (χ4v) is 2.87. The quantitative estimate of drug-likeness (QED) is 0.643. The first-order valence-electron chi connectivity index (χ1n) is 6.31. The molecule has 4 nitrogen and oxygen atoms in total. The second-order valence-electron chi connectivity index (χ2n) is 3.88. The van der Waals surface area contributed by atoms with Crippen molar-refractivity contribution in [1.82, 2.24) is 0 Å². The first-order valence-corrected chi connectivity index (χ1v) is 7.85. The maximum atomic E-state index is 12.3. The average Bonchev–Trinajstić information content (AvgIpc) is 2.40. The number of rotatable bonds is 9. The summed E-state index contributed by atoms with van der Waals surface area (Å²) in [6.07, 6.45) is 0. The van der Waals surface area contributed by atoms with Crippen LogP contribution >= 0.6 is 7.60 Å². The predicted molar refractivity (Wildman–Crippen MR) is 76.1 cm³/mol. The van der Waals surface area contributed by atoms with Crippen LogP contribution in [0.3, 0.4) is 0 Å². The number of hydrogen-bond acceptors (Lipinski definition) is 4. The Bertz CT molecular complexity index is 420. The number of hydrogen-bond donors (Lipinski definition) is 0. The molecular formula is C14H21O4P. The number of benzene rings is 1. The van der Waals surface area contributed by atoms with Gasteiger partial charge in [0.05, 0.1) is 31.7 Å². The molecule has 0 fully saturated rings. The van der Waals surface area contributed by atoms with Gasteiger partial charge in [-0.25, -0.2) is 0 Å². The van der Waals surface area contributed by atoms with Gasteiger partial charge in [0.25, 0.3) is 0 Å². The Hall–Kier alpha value is -0.930. The van der Waals surface area contributed by atoms with E-state index in [1.54, 1.807) is 13.8 Å². The predicted octanol–water partition coefficient (Wildman–Crippen LogP) is 3.98. The molecule has 0 radical (unpaired) electrons. The zero-order valence-electron chi connectivity index (χ0n) is 11.5. The third-order valence-electron chi connectivity index (χ3n) is 2.37. The molecule has 0 aromatic heterocycles. The van der Waals surface area contributed by atoms with Gasteiger partial charge in [0.2, 0.25) is 0 Å². The molecule has 106 valence electrons. The second kappa shape index (κ2) is 8.28. The van der Waals surface area contributed by atoms with Crippen LogP contribution in [0.25, 0.3) is 0 Å². The van der Waals surface area contributed by atoms with Crippen LogP contribution in [0.2, 0.25) is 0 Å². The van der Waals surface area contributed by atoms with E-state index in [0.29, 0.717) is 25.1 Å². The molecule has 0 spiro atoms. The van der Waals surface area contributed by atoms with E-state index in [1.165, 1.54) is 0 Å². The molecule has 19 heavy (non-hydrogen) atoms. The molecule has 0 heterocycles. The summed E-state index contributed by atoms with van der Waals surface area (Å²) in [7, 11) is -3.25. The van der Waals surface area contributed by atoms with Crippen molar-refractivity contribution in [2.24, 2.45) is 0 Å². The van der Waals surface area contributed by atoms with Crippen LogP contribution in [0, 0.1) is 0 Å². The van der Waals surface area contributed by atoms with E-state index in [1.807, 2.05) is 30.3 Å². The maximum absolute atomic E-state index is 12.3. The normalized spacial score (nSPS) is 11.5. The standard InChI is InChI=1S/C14H21O4P/c1-4-17-19(15,18-5-2)13(3)11-16-12-14-9-7-6-8-10-14/h6-10H,3-5,11-12H2,1-2H3. The van der Waals surface area contributed by atoms with Gasteiger partial charge in [0, 0.05) is 0 Å². The summed E-state index contributed by atoms with van der Waals surface area (Å²) in [4.78, 5) is 0. The lowest BCUT2D eigenvalue weighted by Crippen LogP contribution is -2.04. The zero-order valence-corrected chi connectivity index (χ0v) is 12.4. The highest BCUT2D eigenvalue weighted by atomic mass is 31.2. The Morgan fingerprint density at radius 2 is 1.74 bits per heavy atom.